The normalized spacial score (nSPS) is 17.8. The quantitative estimate of drug-likeness (QED) is 0.850. The van der Waals surface area contributed by atoms with Crippen molar-refractivity contribution in [3.63, 3.8) is 0 Å². The van der Waals surface area contributed by atoms with Gasteiger partial charge >= 0.3 is 0 Å². The van der Waals surface area contributed by atoms with Crippen molar-refractivity contribution in [2.45, 2.75) is 32.2 Å². The predicted octanol–water partition coefficient (Wildman–Crippen LogP) is 3.30. The molecule has 1 aliphatic heterocycles. The van der Waals surface area contributed by atoms with Crippen molar-refractivity contribution in [2.75, 3.05) is 26.7 Å². The lowest BCUT2D eigenvalue weighted by molar-refractivity contribution is -0.132. The van der Waals surface area contributed by atoms with Gasteiger partial charge in [0.25, 0.3) is 0 Å². The first kappa shape index (κ1) is 17.0. The molecule has 4 heteroatoms. The monoisotopic (exact) mass is 320 g/mol. The van der Waals surface area contributed by atoms with Crippen LogP contribution in [0, 0.1) is 0 Å². The van der Waals surface area contributed by atoms with Crippen LogP contribution in [0.1, 0.15) is 37.3 Å². The predicted molar refractivity (Wildman–Crippen MR) is 94.1 cm³/mol. The van der Waals surface area contributed by atoms with Crippen molar-refractivity contribution in [1.29, 1.82) is 0 Å². The number of carbonyl (C=O) groups is 1. The van der Waals surface area contributed by atoms with Crippen molar-refractivity contribution in [3.8, 4) is 0 Å². The van der Waals surface area contributed by atoms with Crippen LogP contribution in [0.5, 0.6) is 0 Å². The van der Waals surface area contributed by atoms with Gasteiger partial charge in [0.2, 0.25) is 5.91 Å². The summed E-state index contributed by atoms with van der Waals surface area (Å²) in [5.74, 6) is 0.268. The summed E-state index contributed by atoms with van der Waals surface area (Å²) in [5, 5.41) is 0. The van der Waals surface area contributed by atoms with Crippen molar-refractivity contribution in [1.82, 2.24) is 9.80 Å². The van der Waals surface area contributed by atoms with E-state index >= 15 is 0 Å². The number of piperidine rings is 1. The zero-order chi connectivity index (χ0) is 14.8. The Hall–Kier alpha value is -1.32. The van der Waals surface area contributed by atoms with E-state index in [2.05, 4.69) is 35.2 Å². The van der Waals surface area contributed by atoms with E-state index in [1.165, 1.54) is 16.7 Å². The van der Waals surface area contributed by atoms with E-state index < -0.39 is 0 Å². The molecule has 1 fully saturated rings. The Kier molecular flexibility index (Phi) is 5.65. The second-order valence-electron chi connectivity index (χ2n) is 6.12. The van der Waals surface area contributed by atoms with Gasteiger partial charge in [0.05, 0.1) is 0 Å². The summed E-state index contributed by atoms with van der Waals surface area (Å²) >= 11 is 0. The van der Waals surface area contributed by atoms with Gasteiger partial charge in [-0.1, -0.05) is 31.2 Å². The van der Waals surface area contributed by atoms with Crippen molar-refractivity contribution in [2.24, 2.45) is 0 Å². The minimum absolute atomic E-state index is 0. The number of likely N-dealkylation sites (tertiary alicyclic amines) is 1. The number of nitrogens with zero attached hydrogens (tertiary/aromatic N) is 2. The fourth-order valence-electron chi connectivity index (χ4n) is 3.39. The number of amides is 1. The molecule has 120 valence electrons. The van der Waals surface area contributed by atoms with Gasteiger partial charge in [0.1, 0.15) is 0 Å². The lowest BCUT2D eigenvalue weighted by Crippen LogP contribution is -2.45. The average Bonchev–Trinajstić information content (AvgIpc) is 2.52. The second-order valence-corrected chi connectivity index (χ2v) is 6.12. The average molecular weight is 321 g/mol. The summed E-state index contributed by atoms with van der Waals surface area (Å²) in [5.41, 5.74) is 4.25. The highest BCUT2D eigenvalue weighted by atomic mass is 35.5. The minimum atomic E-state index is 0. The summed E-state index contributed by atoms with van der Waals surface area (Å²) in [7, 11) is 1.96. The standard InChI is InChI=1S/C18H24N2O.ClH/c1-3-18(21)19(2)16-8-10-20(11-9-16)13-15-12-14-6-4-5-7-17(14)15;/h4-7,12,16H,3,8-11,13H2,1-2H3;1H. The molecule has 1 aromatic carbocycles. The Balaban J connectivity index is 0.00000176. The number of halogens is 1. The van der Waals surface area contributed by atoms with Crippen molar-refractivity contribution < 1.29 is 4.79 Å². The molecule has 1 heterocycles. The molecular formula is C18H25ClN2O. The molecule has 0 bridgehead atoms. The summed E-state index contributed by atoms with van der Waals surface area (Å²) < 4.78 is 0. The smallest absolute Gasteiger partial charge is 0.222 e. The molecule has 0 unspecified atom stereocenters. The maximum atomic E-state index is 11.8. The van der Waals surface area contributed by atoms with E-state index in [0.717, 1.165) is 32.5 Å². The zero-order valence-electron chi connectivity index (χ0n) is 13.4. The fraction of sp³-hybridized carbons (Fsp3) is 0.500. The minimum Gasteiger partial charge on any atom is -0.343 e. The molecule has 0 radical (unpaired) electrons. The van der Waals surface area contributed by atoms with E-state index in [4.69, 9.17) is 0 Å². The summed E-state index contributed by atoms with van der Waals surface area (Å²) in [6.45, 7) is 5.17. The molecule has 0 aromatic heterocycles. The van der Waals surface area contributed by atoms with Crippen molar-refractivity contribution >= 4 is 30.0 Å². The first-order valence-corrected chi connectivity index (χ1v) is 7.97. The van der Waals surface area contributed by atoms with Gasteiger partial charge in [-0.2, -0.15) is 0 Å². The molecule has 1 amide bonds. The number of fused-ring (bicyclic) bond motifs is 1. The van der Waals surface area contributed by atoms with Crippen LogP contribution < -0.4 is 0 Å². The maximum absolute atomic E-state index is 11.8. The van der Waals surface area contributed by atoms with Gasteiger partial charge in [0.15, 0.2) is 0 Å². The first-order valence-electron chi connectivity index (χ1n) is 7.97. The third kappa shape index (κ3) is 3.36. The highest BCUT2D eigenvalue weighted by Gasteiger charge is 2.26. The Labute approximate surface area is 139 Å². The number of rotatable bonds is 4. The Morgan fingerprint density at radius 1 is 1.27 bits per heavy atom. The highest BCUT2D eigenvalue weighted by molar-refractivity contribution is 5.96. The van der Waals surface area contributed by atoms with E-state index in [1.807, 2.05) is 18.9 Å². The Morgan fingerprint density at radius 3 is 2.59 bits per heavy atom. The largest absolute Gasteiger partial charge is 0.343 e. The lowest BCUT2D eigenvalue weighted by Gasteiger charge is -2.37. The number of hydrogen-bond donors (Lipinski definition) is 0. The van der Waals surface area contributed by atoms with Crippen LogP contribution in [0.25, 0.3) is 11.6 Å². The molecule has 2 aliphatic rings. The van der Waals surface area contributed by atoms with Crippen LogP contribution >= 0.6 is 12.4 Å². The molecule has 22 heavy (non-hydrogen) atoms. The Morgan fingerprint density at radius 2 is 1.95 bits per heavy atom. The van der Waals surface area contributed by atoms with E-state index in [0.29, 0.717) is 12.5 Å². The number of benzene rings is 1. The van der Waals surface area contributed by atoms with E-state index in [9.17, 15) is 4.79 Å². The van der Waals surface area contributed by atoms with Crippen LogP contribution in [0.2, 0.25) is 0 Å². The van der Waals surface area contributed by atoms with Gasteiger partial charge in [-0.05, 0) is 35.6 Å². The molecule has 3 nitrogen and oxygen atoms in total. The first-order chi connectivity index (χ1) is 10.2. The van der Waals surface area contributed by atoms with Gasteiger partial charge in [-0.25, -0.2) is 0 Å². The SMILES string of the molecule is CCC(=O)N(C)C1CCN(CC2=Cc3ccccc32)CC1.Cl. The van der Waals surface area contributed by atoms with Gasteiger partial charge < -0.3 is 4.90 Å². The summed E-state index contributed by atoms with van der Waals surface area (Å²) in [6, 6.07) is 9.03. The van der Waals surface area contributed by atoms with E-state index in [-0.39, 0.29) is 18.3 Å². The Bertz CT molecular complexity index is 562. The molecule has 3 rings (SSSR count). The van der Waals surface area contributed by atoms with Crippen LogP contribution in [0.4, 0.5) is 0 Å². The lowest BCUT2D eigenvalue weighted by atomic mass is 9.88. The summed E-state index contributed by atoms with van der Waals surface area (Å²) in [4.78, 5) is 16.2. The van der Waals surface area contributed by atoms with Crippen LogP contribution in [-0.4, -0.2) is 48.4 Å². The third-order valence-electron chi connectivity index (χ3n) is 4.83. The number of carbonyl (C=O) groups excluding carboxylic acids is 1. The molecule has 1 aliphatic carbocycles. The van der Waals surface area contributed by atoms with E-state index in [1.54, 1.807) is 0 Å². The number of hydrogen-bond acceptors (Lipinski definition) is 2. The zero-order valence-corrected chi connectivity index (χ0v) is 14.2. The van der Waals surface area contributed by atoms with Crippen LogP contribution in [0.3, 0.4) is 0 Å². The van der Waals surface area contributed by atoms with Gasteiger partial charge in [-0.3, -0.25) is 9.69 Å². The molecule has 0 atom stereocenters. The molecule has 0 N–H and O–H groups in total. The maximum Gasteiger partial charge on any atom is 0.222 e. The molecule has 0 spiro atoms. The molecule has 1 aromatic rings. The molecule has 1 saturated heterocycles. The second kappa shape index (κ2) is 7.30. The topological polar surface area (TPSA) is 23.6 Å². The van der Waals surface area contributed by atoms with Crippen LogP contribution in [-0.2, 0) is 4.79 Å². The third-order valence-corrected chi connectivity index (χ3v) is 4.83. The molecule has 0 saturated carbocycles. The van der Waals surface area contributed by atoms with Crippen molar-refractivity contribution in [3.05, 3.63) is 35.4 Å². The summed E-state index contributed by atoms with van der Waals surface area (Å²) in [6.07, 6.45) is 5.10. The van der Waals surface area contributed by atoms with Gasteiger partial charge in [-0.15, -0.1) is 12.4 Å². The van der Waals surface area contributed by atoms with Crippen LogP contribution in [0.15, 0.2) is 24.3 Å². The fourth-order valence-corrected chi connectivity index (χ4v) is 3.39. The molecular weight excluding hydrogens is 296 g/mol. The highest BCUT2D eigenvalue weighted by Crippen LogP contribution is 2.33. The van der Waals surface area contributed by atoms with Gasteiger partial charge in [0, 0.05) is 39.1 Å².